The number of hydrogen-bond donors (Lipinski definition) is 1. The molecule has 0 amide bonds. The number of ether oxygens (including phenoxy) is 1. The van der Waals surface area contributed by atoms with Gasteiger partial charge in [0.15, 0.2) is 0 Å². The van der Waals surface area contributed by atoms with Crippen LogP contribution in [0.15, 0.2) is 11.1 Å². The standard InChI is InChI=1S/C8H14BrNO3S/c1-7(9)5-10-14(11,12)6-8-3-2-4-13-8/h8,10H,1-6H2. The van der Waals surface area contributed by atoms with Crippen molar-refractivity contribution in [2.45, 2.75) is 18.9 Å². The highest BCUT2D eigenvalue weighted by atomic mass is 79.9. The zero-order valence-electron chi connectivity index (χ0n) is 7.83. The monoisotopic (exact) mass is 283 g/mol. The fourth-order valence-electron chi connectivity index (χ4n) is 1.27. The van der Waals surface area contributed by atoms with E-state index >= 15 is 0 Å². The van der Waals surface area contributed by atoms with Gasteiger partial charge in [-0.15, -0.1) is 0 Å². The summed E-state index contributed by atoms with van der Waals surface area (Å²) in [5, 5.41) is 0. The average molecular weight is 284 g/mol. The first-order valence-corrected chi connectivity index (χ1v) is 6.86. The average Bonchev–Trinajstić information content (AvgIpc) is 2.53. The van der Waals surface area contributed by atoms with E-state index < -0.39 is 10.0 Å². The van der Waals surface area contributed by atoms with Crippen LogP contribution < -0.4 is 4.72 Å². The number of sulfonamides is 1. The van der Waals surface area contributed by atoms with Gasteiger partial charge in [-0.1, -0.05) is 22.5 Å². The van der Waals surface area contributed by atoms with Gasteiger partial charge in [-0.25, -0.2) is 13.1 Å². The quantitative estimate of drug-likeness (QED) is 0.819. The van der Waals surface area contributed by atoms with Gasteiger partial charge in [-0.3, -0.25) is 0 Å². The van der Waals surface area contributed by atoms with E-state index in [9.17, 15) is 8.42 Å². The molecule has 0 bridgehead atoms. The van der Waals surface area contributed by atoms with Gasteiger partial charge in [0.25, 0.3) is 0 Å². The van der Waals surface area contributed by atoms with Crippen molar-refractivity contribution in [1.29, 1.82) is 0 Å². The van der Waals surface area contributed by atoms with Crippen LogP contribution in [0.5, 0.6) is 0 Å². The van der Waals surface area contributed by atoms with Crippen LogP contribution in [0.4, 0.5) is 0 Å². The fourth-order valence-corrected chi connectivity index (χ4v) is 2.86. The Balaban J connectivity index is 2.36. The van der Waals surface area contributed by atoms with E-state index in [1.165, 1.54) is 0 Å². The van der Waals surface area contributed by atoms with Crippen molar-refractivity contribution in [2.24, 2.45) is 0 Å². The molecule has 1 saturated heterocycles. The molecule has 1 aliphatic rings. The molecule has 1 rings (SSSR count). The summed E-state index contributed by atoms with van der Waals surface area (Å²) in [6.07, 6.45) is 1.64. The third kappa shape index (κ3) is 4.54. The third-order valence-electron chi connectivity index (χ3n) is 1.91. The summed E-state index contributed by atoms with van der Waals surface area (Å²) in [5.41, 5.74) is 0. The van der Waals surface area contributed by atoms with Gasteiger partial charge in [-0.05, 0) is 12.8 Å². The zero-order valence-corrected chi connectivity index (χ0v) is 10.2. The second kappa shape index (κ2) is 5.25. The van der Waals surface area contributed by atoms with Gasteiger partial charge < -0.3 is 4.74 Å². The summed E-state index contributed by atoms with van der Waals surface area (Å²) in [7, 11) is -3.23. The van der Waals surface area contributed by atoms with Crippen molar-refractivity contribution in [3.63, 3.8) is 0 Å². The first-order chi connectivity index (χ1) is 6.49. The van der Waals surface area contributed by atoms with E-state index in [2.05, 4.69) is 27.2 Å². The molecule has 0 aliphatic carbocycles. The Bertz CT molecular complexity index is 296. The molecule has 6 heteroatoms. The fraction of sp³-hybridized carbons (Fsp3) is 0.750. The highest BCUT2D eigenvalue weighted by Crippen LogP contribution is 2.13. The Morgan fingerprint density at radius 1 is 1.64 bits per heavy atom. The van der Waals surface area contributed by atoms with Crippen LogP contribution in [0.25, 0.3) is 0 Å². The maximum atomic E-state index is 11.4. The van der Waals surface area contributed by atoms with Crippen molar-refractivity contribution >= 4 is 26.0 Å². The first-order valence-electron chi connectivity index (χ1n) is 4.42. The second-order valence-corrected chi connectivity index (χ2v) is 6.23. The van der Waals surface area contributed by atoms with E-state index in [0.29, 0.717) is 11.1 Å². The molecule has 0 aromatic heterocycles. The SMILES string of the molecule is C=C(Br)CNS(=O)(=O)CC1CCCO1. The summed E-state index contributed by atoms with van der Waals surface area (Å²) < 4.78 is 31.2. The van der Waals surface area contributed by atoms with Crippen molar-refractivity contribution < 1.29 is 13.2 Å². The van der Waals surface area contributed by atoms with Gasteiger partial charge >= 0.3 is 0 Å². The van der Waals surface area contributed by atoms with Gasteiger partial charge in [-0.2, -0.15) is 0 Å². The predicted molar refractivity (Wildman–Crippen MR) is 58.8 cm³/mol. The van der Waals surface area contributed by atoms with Crippen LogP contribution in [0.3, 0.4) is 0 Å². The van der Waals surface area contributed by atoms with Crippen molar-refractivity contribution in [3.8, 4) is 0 Å². The molecule has 82 valence electrons. The van der Waals surface area contributed by atoms with E-state index in [1.54, 1.807) is 0 Å². The van der Waals surface area contributed by atoms with E-state index in [0.717, 1.165) is 12.8 Å². The van der Waals surface area contributed by atoms with Gasteiger partial charge in [0.05, 0.1) is 11.9 Å². The van der Waals surface area contributed by atoms with Crippen LogP contribution >= 0.6 is 15.9 Å². The third-order valence-corrected chi connectivity index (χ3v) is 3.59. The smallest absolute Gasteiger partial charge is 0.214 e. The van der Waals surface area contributed by atoms with Gasteiger partial charge in [0, 0.05) is 17.6 Å². The minimum atomic E-state index is -3.23. The molecule has 4 nitrogen and oxygen atoms in total. The van der Waals surface area contributed by atoms with E-state index in [-0.39, 0.29) is 18.4 Å². The molecule has 1 fully saturated rings. The van der Waals surface area contributed by atoms with Crippen molar-refractivity contribution in [3.05, 3.63) is 11.1 Å². The molecule has 1 N–H and O–H groups in total. The molecule has 14 heavy (non-hydrogen) atoms. The summed E-state index contributed by atoms with van der Waals surface area (Å²) in [4.78, 5) is 0. The number of hydrogen-bond acceptors (Lipinski definition) is 3. The van der Waals surface area contributed by atoms with Crippen LogP contribution in [-0.4, -0.2) is 33.4 Å². The van der Waals surface area contributed by atoms with Crippen LogP contribution in [0.1, 0.15) is 12.8 Å². The summed E-state index contributed by atoms with van der Waals surface area (Å²) >= 11 is 3.09. The molecule has 1 aliphatic heterocycles. The normalized spacial score (nSPS) is 22.5. The Morgan fingerprint density at radius 3 is 2.86 bits per heavy atom. The number of rotatable bonds is 5. The lowest BCUT2D eigenvalue weighted by Gasteiger charge is -2.10. The second-order valence-electron chi connectivity index (χ2n) is 3.25. The van der Waals surface area contributed by atoms with Crippen molar-refractivity contribution in [2.75, 3.05) is 18.9 Å². The molecule has 1 atom stereocenters. The Labute approximate surface area is 92.9 Å². The lowest BCUT2D eigenvalue weighted by atomic mass is 10.3. The first kappa shape index (κ1) is 12.2. The summed E-state index contributed by atoms with van der Waals surface area (Å²) in [5.74, 6) is 0.0489. The predicted octanol–water partition coefficient (Wildman–Crippen LogP) is 0.993. The Kier molecular flexibility index (Phi) is 4.56. The topological polar surface area (TPSA) is 55.4 Å². The van der Waals surface area contributed by atoms with Crippen LogP contribution in [0, 0.1) is 0 Å². The highest BCUT2D eigenvalue weighted by Gasteiger charge is 2.22. The maximum Gasteiger partial charge on any atom is 0.214 e. The van der Waals surface area contributed by atoms with Crippen LogP contribution in [-0.2, 0) is 14.8 Å². The number of nitrogens with one attached hydrogen (secondary N) is 1. The Morgan fingerprint density at radius 2 is 2.36 bits per heavy atom. The van der Waals surface area contributed by atoms with E-state index in [4.69, 9.17) is 4.74 Å². The maximum absolute atomic E-state index is 11.4. The van der Waals surface area contributed by atoms with Crippen LogP contribution in [0.2, 0.25) is 0 Å². The van der Waals surface area contributed by atoms with Gasteiger partial charge in [0.2, 0.25) is 10.0 Å². The zero-order chi connectivity index (χ0) is 10.6. The van der Waals surface area contributed by atoms with Crippen molar-refractivity contribution in [1.82, 2.24) is 4.72 Å². The molecule has 1 heterocycles. The molecular formula is C8H14BrNO3S. The molecule has 0 radical (unpaired) electrons. The lowest BCUT2D eigenvalue weighted by Crippen LogP contribution is -2.32. The highest BCUT2D eigenvalue weighted by molar-refractivity contribution is 9.11. The Hall–Kier alpha value is 0.0900. The lowest BCUT2D eigenvalue weighted by molar-refractivity contribution is 0.127. The molecule has 1 unspecified atom stereocenters. The minimum Gasteiger partial charge on any atom is -0.377 e. The molecule has 0 aromatic carbocycles. The summed E-state index contributed by atoms with van der Waals surface area (Å²) in [6.45, 7) is 4.45. The minimum absolute atomic E-state index is 0.0489. The molecule has 0 saturated carbocycles. The van der Waals surface area contributed by atoms with E-state index in [1.807, 2.05) is 0 Å². The largest absolute Gasteiger partial charge is 0.377 e. The molecule has 0 aromatic rings. The molecule has 0 spiro atoms. The number of halogens is 1. The van der Waals surface area contributed by atoms with Gasteiger partial charge in [0.1, 0.15) is 0 Å². The molecular weight excluding hydrogens is 270 g/mol. The summed E-state index contributed by atoms with van der Waals surface area (Å²) in [6, 6.07) is 0.